The molecule has 0 radical (unpaired) electrons. The van der Waals surface area contributed by atoms with Crippen LogP contribution in [0.3, 0.4) is 0 Å². The lowest BCUT2D eigenvalue weighted by molar-refractivity contribution is -0.385. The number of nitro groups is 1. The summed E-state index contributed by atoms with van der Waals surface area (Å²) in [5.74, 6) is 0.559. The van der Waals surface area contributed by atoms with Crippen LogP contribution >= 0.6 is 11.8 Å². The van der Waals surface area contributed by atoms with Crippen molar-refractivity contribution in [2.75, 3.05) is 12.4 Å². The van der Waals surface area contributed by atoms with Crippen LogP contribution in [0.25, 0.3) is 0 Å². The highest BCUT2D eigenvalue weighted by Gasteiger charge is 2.45. The fraction of sp³-hybridized carbons (Fsp3) is 0.588. The Bertz CT molecular complexity index is 657. The van der Waals surface area contributed by atoms with E-state index in [0.717, 1.165) is 4.90 Å². The zero-order chi connectivity index (χ0) is 18.8. The van der Waals surface area contributed by atoms with Crippen LogP contribution in [0.15, 0.2) is 29.2 Å². The molecule has 0 spiro atoms. The Morgan fingerprint density at radius 2 is 2.16 bits per heavy atom. The first-order valence-corrected chi connectivity index (χ1v) is 9.02. The minimum atomic E-state index is -0.754. The molecule has 1 aromatic rings. The molecule has 138 valence electrons. The van der Waals surface area contributed by atoms with Crippen molar-refractivity contribution in [3.63, 3.8) is 0 Å². The first kappa shape index (κ1) is 19.5. The van der Waals surface area contributed by atoms with E-state index < -0.39 is 22.3 Å². The van der Waals surface area contributed by atoms with Gasteiger partial charge in [0.2, 0.25) is 0 Å². The number of amides is 1. The van der Waals surface area contributed by atoms with Gasteiger partial charge < -0.3 is 9.47 Å². The lowest BCUT2D eigenvalue weighted by Gasteiger charge is -2.35. The molecule has 1 fully saturated rings. The predicted molar refractivity (Wildman–Crippen MR) is 95.7 cm³/mol. The Hall–Kier alpha value is -1.80. The molecule has 1 amide bonds. The van der Waals surface area contributed by atoms with Gasteiger partial charge in [0.25, 0.3) is 5.69 Å². The number of hydrogen-bond acceptors (Lipinski definition) is 6. The van der Waals surface area contributed by atoms with Gasteiger partial charge in [-0.1, -0.05) is 6.07 Å². The number of rotatable bonds is 4. The van der Waals surface area contributed by atoms with E-state index in [-0.39, 0.29) is 11.7 Å². The summed E-state index contributed by atoms with van der Waals surface area (Å²) in [5, 5.41) is 10.9. The van der Waals surface area contributed by atoms with Crippen molar-refractivity contribution in [1.29, 1.82) is 0 Å². The first-order valence-electron chi connectivity index (χ1n) is 8.03. The lowest BCUT2D eigenvalue weighted by Crippen LogP contribution is -2.50. The van der Waals surface area contributed by atoms with E-state index in [1.807, 2.05) is 40.7 Å². The minimum absolute atomic E-state index is 0.0528. The molecule has 1 aromatic carbocycles. The molecule has 1 atom stereocenters. The second-order valence-electron chi connectivity index (χ2n) is 7.33. The van der Waals surface area contributed by atoms with E-state index in [1.165, 1.54) is 23.9 Å². The number of nitrogens with zero attached hydrogens (tertiary/aromatic N) is 2. The molecule has 1 saturated heterocycles. The smallest absolute Gasteiger partial charge is 0.412 e. The summed E-state index contributed by atoms with van der Waals surface area (Å²) in [6.45, 7) is 9.52. The Labute approximate surface area is 151 Å². The second-order valence-corrected chi connectivity index (χ2v) is 8.42. The molecule has 0 aromatic heterocycles. The van der Waals surface area contributed by atoms with Crippen LogP contribution < -0.4 is 0 Å². The van der Waals surface area contributed by atoms with Crippen molar-refractivity contribution < 1.29 is 19.2 Å². The van der Waals surface area contributed by atoms with Crippen LogP contribution in [0.5, 0.6) is 0 Å². The fourth-order valence-corrected chi connectivity index (χ4v) is 3.57. The predicted octanol–water partition coefficient (Wildman–Crippen LogP) is 4.06. The SMILES string of the molecule is CC(C)(C)OC(=O)N1[C@@H](CSc2cccc([N+](=O)[O-])c2)COC1(C)C. The number of thioether (sulfide) groups is 1. The van der Waals surface area contributed by atoms with Gasteiger partial charge in [0.1, 0.15) is 11.3 Å². The second kappa shape index (κ2) is 7.21. The number of carbonyl (C=O) groups excluding carboxylic acids is 1. The van der Waals surface area contributed by atoms with E-state index in [0.29, 0.717) is 12.4 Å². The average molecular weight is 368 g/mol. The Morgan fingerprint density at radius 1 is 1.48 bits per heavy atom. The number of carbonyl (C=O) groups is 1. The summed E-state index contributed by atoms with van der Waals surface area (Å²) in [4.78, 5) is 25.4. The standard InChI is InChI=1S/C17H24N2O5S/c1-16(2,3)24-15(20)18-13(10-23-17(18,4)5)11-25-14-8-6-7-12(9-14)19(21)22/h6-9,13H,10-11H2,1-5H3/t13-/m1/s1. The highest BCUT2D eigenvalue weighted by atomic mass is 32.2. The number of hydrogen-bond donors (Lipinski definition) is 0. The van der Waals surface area contributed by atoms with Gasteiger partial charge in [-0.05, 0) is 40.7 Å². The minimum Gasteiger partial charge on any atom is -0.444 e. The zero-order valence-corrected chi connectivity index (χ0v) is 16.0. The Morgan fingerprint density at radius 3 is 2.76 bits per heavy atom. The summed E-state index contributed by atoms with van der Waals surface area (Å²) in [5.41, 5.74) is -1.29. The molecule has 0 N–H and O–H groups in total. The highest BCUT2D eigenvalue weighted by molar-refractivity contribution is 7.99. The van der Waals surface area contributed by atoms with Gasteiger partial charge in [0.05, 0.1) is 17.6 Å². The zero-order valence-electron chi connectivity index (χ0n) is 15.1. The summed E-state index contributed by atoms with van der Waals surface area (Å²) >= 11 is 1.46. The third-order valence-corrected chi connectivity index (χ3v) is 4.77. The number of ether oxygens (including phenoxy) is 2. The maximum absolute atomic E-state index is 12.6. The quantitative estimate of drug-likeness (QED) is 0.453. The highest BCUT2D eigenvalue weighted by Crippen LogP contribution is 2.33. The van der Waals surface area contributed by atoms with Gasteiger partial charge in [-0.3, -0.25) is 15.0 Å². The van der Waals surface area contributed by atoms with Gasteiger partial charge in [0, 0.05) is 22.8 Å². The molecular weight excluding hydrogens is 344 g/mol. The van der Waals surface area contributed by atoms with E-state index in [4.69, 9.17) is 9.47 Å². The molecule has 1 heterocycles. The van der Waals surface area contributed by atoms with Gasteiger partial charge >= 0.3 is 6.09 Å². The lowest BCUT2D eigenvalue weighted by atomic mass is 10.2. The van der Waals surface area contributed by atoms with E-state index in [2.05, 4.69) is 0 Å². The summed E-state index contributed by atoms with van der Waals surface area (Å²) in [7, 11) is 0. The van der Waals surface area contributed by atoms with Crippen LogP contribution in [-0.4, -0.2) is 45.6 Å². The summed E-state index contributed by atoms with van der Waals surface area (Å²) < 4.78 is 11.3. The maximum atomic E-state index is 12.6. The van der Waals surface area contributed by atoms with Crippen LogP contribution in [0.4, 0.5) is 10.5 Å². The topological polar surface area (TPSA) is 81.9 Å². The molecule has 7 nitrogen and oxygen atoms in total. The largest absolute Gasteiger partial charge is 0.444 e. The molecule has 1 aliphatic heterocycles. The van der Waals surface area contributed by atoms with Crippen molar-refractivity contribution in [3.05, 3.63) is 34.4 Å². The number of benzene rings is 1. The van der Waals surface area contributed by atoms with Gasteiger partial charge in [-0.15, -0.1) is 11.8 Å². The van der Waals surface area contributed by atoms with Crippen molar-refractivity contribution in [2.45, 2.75) is 56.9 Å². The molecule has 25 heavy (non-hydrogen) atoms. The maximum Gasteiger partial charge on any atom is 0.412 e. The summed E-state index contributed by atoms with van der Waals surface area (Å²) in [6, 6.07) is 6.29. The van der Waals surface area contributed by atoms with Crippen LogP contribution in [-0.2, 0) is 9.47 Å². The normalized spacial score (nSPS) is 19.7. The molecule has 0 unspecified atom stereocenters. The van der Waals surface area contributed by atoms with Crippen LogP contribution in [0.1, 0.15) is 34.6 Å². The number of non-ortho nitro benzene ring substituents is 1. The van der Waals surface area contributed by atoms with Crippen molar-refractivity contribution in [3.8, 4) is 0 Å². The third kappa shape index (κ3) is 5.09. The molecule has 2 rings (SSSR count). The van der Waals surface area contributed by atoms with E-state index in [9.17, 15) is 14.9 Å². The fourth-order valence-electron chi connectivity index (χ4n) is 2.57. The molecule has 8 heteroatoms. The summed E-state index contributed by atoms with van der Waals surface area (Å²) in [6.07, 6.45) is -0.417. The van der Waals surface area contributed by atoms with Crippen LogP contribution in [0.2, 0.25) is 0 Å². The average Bonchev–Trinajstić information content (AvgIpc) is 2.78. The molecule has 0 saturated carbocycles. The number of nitro benzene ring substituents is 1. The van der Waals surface area contributed by atoms with Crippen molar-refractivity contribution in [1.82, 2.24) is 4.90 Å². The van der Waals surface area contributed by atoms with Crippen molar-refractivity contribution >= 4 is 23.5 Å². The Kier molecular flexibility index (Phi) is 5.63. The third-order valence-electron chi connectivity index (χ3n) is 3.64. The van der Waals surface area contributed by atoms with E-state index in [1.54, 1.807) is 11.0 Å². The first-order chi connectivity index (χ1) is 11.5. The van der Waals surface area contributed by atoms with Crippen molar-refractivity contribution in [2.24, 2.45) is 0 Å². The van der Waals surface area contributed by atoms with E-state index >= 15 is 0 Å². The monoisotopic (exact) mass is 368 g/mol. The van der Waals surface area contributed by atoms with Gasteiger partial charge in [0.15, 0.2) is 0 Å². The van der Waals surface area contributed by atoms with Gasteiger partial charge in [-0.2, -0.15) is 0 Å². The van der Waals surface area contributed by atoms with Gasteiger partial charge in [-0.25, -0.2) is 4.79 Å². The molecular formula is C17H24N2O5S. The molecule has 1 aliphatic rings. The van der Waals surface area contributed by atoms with Crippen LogP contribution in [0, 0.1) is 10.1 Å². The molecule has 0 aliphatic carbocycles. The molecule has 0 bridgehead atoms. The Balaban J connectivity index is 2.08.